The molecule has 3 heteroatoms. The highest BCUT2D eigenvalue weighted by molar-refractivity contribution is 14.1. The Balaban J connectivity index is 1.99. The van der Waals surface area contributed by atoms with Gasteiger partial charge in [0.1, 0.15) is 12.4 Å². The van der Waals surface area contributed by atoms with E-state index in [4.69, 9.17) is 16.3 Å². The van der Waals surface area contributed by atoms with Crippen molar-refractivity contribution in [1.82, 2.24) is 0 Å². The molecule has 0 saturated carbocycles. The molecule has 0 N–H and O–H groups in total. The predicted molar refractivity (Wildman–Crippen MR) is 74.9 cm³/mol. The van der Waals surface area contributed by atoms with Crippen LogP contribution in [-0.2, 0) is 6.61 Å². The molecule has 2 aromatic rings. The third-order valence-corrected chi connectivity index (χ3v) is 3.07. The van der Waals surface area contributed by atoms with Gasteiger partial charge >= 0.3 is 0 Å². The summed E-state index contributed by atoms with van der Waals surface area (Å²) in [5.41, 5.74) is 1.15. The van der Waals surface area contributed by atoms with Gasteiger partial charge in [0.25, 0.3) is 0 Å². The van der Waals surface area contributed by atoms with E-state index in [1.807, 2.05) is 24.3 Å². The van der Waals surface area contributed by atoms with Gasteiger partial charge in [-0.15, -0.1) is 0 Å². The monoisotopic (exact) mass is 344 g/mol. The molecule has 0 aromatic heterocycles. The zero-order valence-electron chi connectivity index (χ0n) is 8.49. The maximum Gasteiger partial charge on any atom is 0.121 e. The second-order valence-electron chi connectivity index (χ2n) is 3.37. The first-order chi connectivity index (χ1) is 7.74. The normalized spacial score (nSPS) is 10.1. The van der Waals surface area contributed by atoms with Crippen LogP contribution in [0.4, 0.5) is 0 Å². The van der Waals surface area contributed by atoms with E-state index in [1.54, 1.807) is 0 Å². The Labute approximate surface area is 114 Å². The molecule has 0 aliphatic heterocycles. The Bertz CT molecular complexity index is 468. The van der Waals surface area contributed by atoms with Crippen molar-refractivity contribution < 1.29 is 4.74 Å². The maximum absolute atomic E-state index is 5.87. The van der Waals surface area contributed by atoms with Crippen LogP contribution < -0.4 is 4.74 Å². The molecule has 0 heterocycles. The number of benzene rings is 2. The molecular formula is C13H10ClIO. The first-order valence-electron chi connectivity index (χ1n) is 4.87. The van der Waals surface area contributed by atoms with Crippen LogP contribution in [0.3, 0.4) is 0 Å². The standard InChI is InChI=1S/C13H10ClIO/c14-11-2-1-3-13(8-11)16-9-10-4-6-12(15)7-5-10/h1-8H,9H2. The van der Waals surface area contributed by atoms with Crippen LogP contribution in [0.15, 0.2) is 48.5 Å². The van der Waals surface area contributed by atoms with Gasteiger partial charge in [0, 0.05) is 8.59 Å². The lowest BCUT2D eigenvalue weighted by Crippen LogP contribution is -1.94. The molecular weight excluding hydrogens is 334 g/mol. The van der Waals surface area contributed by atoms with E-state index in [0.29, 0.717) is 11.6 Å². The van der Waals surface area contributed by atoms with Crippen LogP contribution in [0.25, 0.3) is 0 Å². The first kappa shape index (κ1) is 11.7. The Morgan fingerprint density at radius 2 is 1.81 bits per heavy atom. The predicted octanol–water partition coefficient (Wildman–Crippen LogP) is 4.52. The minimum Gasteiger partial charge on any atom is -0.489 e. The quantitative estimate of drug-likeness (QED) is 0.744. The molecule has 1 nitrogen and oxygen atoms in total. The van der Waals surface area contributed by atoms with Crippen LogP contribution in [0, 0.1) is 3.57 Å². The fourth-order valence-corrected chi connectivity index (χ4v) is 1.84. The van der Waals surface area contributed by atoms with E-state index in [1.165, 1.54) is 3.57 Å². The minimum absolute atomic E-state index is 0.567. The fourth-order valence-electron chi connectivity index (χ4n) is 1.30. The van der Waals surface area contributed by atoms with Gasteiger partial charge in [0.15, 0.2) is 0 Å². The number of hydrogen-bond acceptors (Lipinski definition) is 1. The van der Waals surface area contributed by atoms with E-state index < -0.39 is 0 Å². The highest BCUT2D eigenvalue weighted by atomic mass is 127. The number of rotatable bonds is 3. The van der Waals surface area contributed by atoms with Gasteiger partial charge in [-0.3, -0.25) is 0 Å². The third kappa shape index (κ3) is 3.39. The van der Waals surface area contributed by atoms with Crippen molar-refractivity contribution in [2.24, 2.45) is 0 Å². The van der Waals surface area contributed by atoms with E-state index in [9.17, 15) is 0 Å². The summed E-state index contributed by atoms with van der Waals surface area (Å²) in [7, 11) is 0. The van der Waals surface area contributed by atoms with Crippen LogP contribution >= 0.6 is 34.2 Å². The van der Waals surface area contributed by atoms with Crippen LogP contribution in [0.5, 0.6) is 5.75 Å². The molecule has 82 valence electrons. The van der Waals surface area contributed by atoms with Crippen LogP contribution in [-0.4, -0.2) is 0 Å². The van der Waals surface area contributed by atoms with Crippen molar-refractivity contribution in [3.63, 3.8) is 0 Å². The topological polar surface area (TPSA) is 9.23 Å². The van der Waals surface area contributed by atoms with Gasteiger partial charge in [-0.1, -0.05) is 29.8 Å². The van der Waals surface area contributed by atoms with E-state index >= 15 is 0 Å². The summed E-state index contributed by atoms with van der Waals surface area (Å²) in [6.45, 7) is 0.567. The van der Waals surface area contributed by atoms with E-state index in [-0.39, 0.29) is 0 Å². The molecule has 2 aromatic carbocycles. The molecule has 0 aliphatic rings. The highest BCUT2D eigenvalue weighted by Crippen LogP contribution is 2.18. The lowest BCUT2D eigenvalue weighted by atomic mass is 10.2. The summed E-state index contributed by atoms with van der Waals surface area (Å²) >= 11 is 8.15. The molecule has 16 heavy (non-hydrogen) atoms. The van der Waals surface area contributed by atoms with Gasteiger partial charge in [0.2, 0.25) is 0 Å². The highest BCUT2D eigenvalue weighted by Gasteiger charge is 1.96. The molecule has 0 amide bonds. The molecule has 2 rings (SSSR count). The average Bonchev–Trinajstić information content (AvgIpc) is 2.28. The third-order valence-electron chi connectivity index (χ3n) is 2.11. The van der Waals surface area contributed by atoms with Crippen molar-refractivity contribution >= 4 is 34.2 Å². The fraction of sp³-hybridized carbons (Fsp3) is 0.0769. The summed E-state index contributed by atoms with van der Waals surface area (Å²) in [5, 5.41) is 0.695. The SMILES string of the molecule is Clc1cccc(OCc2ccc(I)cc2)c1. The Hall–Kier alpha value is -0.740. The Morgan fingerprint density at radius 1 is 1.06 bits per heavy atom. The van der Waals surface area contributed by atoms with Gasteiger partial charge in [-0.25, -0.2) is 0 Å². The molecule has 0 radical (unpaired) electrons. The zero-order valence-corrected chi connectivity index (χ0v) is 11.4. The van der Waals surface area contributed by atoms with Crippen LogP contribution in [0.1, 0.15) is 5.56 Å². The van der Waals surface area contributed by atoms with Gasteiger partial charge in [0.05, 0.1) is 0 Å². The van der Waals surface area contributed by atoms with Crippen molar-refractivity contribution in [2.45, 2.75) is 6.61 Å². The largest absolute Gasteiger partial charge is 0.489 e. The van der Waals surface area contributed by atoms with Crippen molar-refractivity contribution in [2.75, 3.05) is 0 Å². The molecule has 0 fully saturated rings. The Morgan fingerprint density at radius 3 is 2.50 bits per heavy atom. The number of hydrogen-bond donors (Lipinski definition) is 0. The lowest BCUT2D eigenvalue weighted by Gasteiger charge is -2.06. The second kappa shape index (κ2) is 5.55. The summed E-state index contributed by atoms with van der Waals surface area (Å²) in [4.78, 5) is 0. The summed E-state index contributed by atoms with van der Waals surface area (Å²) in [6, 6.07) is 15.7. The summed E-state index contributed by atoms with van der Waals surface area (Å²) < 4.78 is 6.85. The average molecular weight is 345 g/mol. The Kier molecular flexibility index (Phi) is 4.07. The second-order valence-corrected chi connectivity index (χ2v) is 5.05. The molecule has 0 atom stereocenters. The smallest absolute Gasteiger partial charge is 0.121 e. The lowest BCUT2D eigenvalue weighted by molar-refractivity contribution is 0.306. The van der Waals surface area contributed by atoms with Crippen molar-refractivity contribution in [3.8, 4) is 5.75 Å². The van der Waals surface area contributed by atoms with Gasteiger partial charge in [-0.05, 0) is 58.5 Å². The van der Waals surface area contributed by atoms with Crippen LogP contribution in [0.2, 0.25) is 5.02 Å². The molecule has 0 unspecified atom stereocenters. The first-order valence-corrected chi connectivity index (χ1v) is 6.32. The van der Waals surface area contributed by atoms with E-state index in [0.717, 1.165) is 11.3 Å². The molecule has 0 aliphatic carbocycles. The summed E-state index contributed by atoms with van der Waals surface area (Å²) in [6.07, 6.45) is 0. The summed E-state index contributed by atoms with van der Waals surface area (Å²) in [5.74, 6) is 0.797. The zero-order chi connectivity index (χ0) is 11.4. The number of halogens is 2. The van der Waals surface area contributed by atoms with Crippen molar-refractivity contribution in [1.29, 1.82) is 0 Å². The van der Waals surface area contributed by atoms with E-state index in [2.05, 4.69) is 46.9 Å². The molecule has 0 saturated heterocycles. The molecule has 0 spiro atoms. The maximum atomic E-state index is 5.87. The van der Waals surface area contributed by atoms with Gasteiger partial charge < -0.3 is 4.74 Å². The molecule has 0 bridgehead atoms. The van der Waals surface area contributed by atoms with Gasteiger partial charge in [-0.2, -0.15) is 0 Å². The van der Waals surface area contributed by atoms with Crippen molar-refractivity contribution in [3.05, 3.63) is 62.7 Å². The number of ether oxygens (including phenoxy) is 1. The minimum atomic E-state index is 0.567.